The van der Waals surface area contributed by atoms with Crippen molar-refractivity contribution in [3.05, 3.63) is 34.1 Å². The van der Waals surface area contributed by atoms with E-state index in [9.17, 15) is 9.18 Å². The molecule has 1 aliphatic heterocycles. The molecule has 1 unspecified atom stereocenters. The fraction of sp³-hybridized carbons (Fsp3) is 0.500. The van der Waals surface area contributed by atoms with E-state index < -0.39 is 0 Å². The zero-order valence-electron chi connectivity index (χ0n) is 11.1. The lowest BCUT2D eigenvalue weighted by Gasteiger charge is -2.39. The van der Waals surface area contributed by atoms with E-state index in [1.165, 1.54) is 18.2 Å². The van der Waals surface area contributed by atoms with Gasteiger partial charge in [-0.15, -0.1) is 0 Å². The normalized spacial score (nSPS) is 23.5. The summed E-state index contributed by atoms with van der Waals surface area (Å²) in [5, 5.41) is 0. The number of hydrogen-bond acceptors (Lipinski definition) is 2. The highest BCUT2D eigenvalue weighted by molar-refractivity contribution is 9.10. The average molecular weight is 330 g/mol. The minimum Gasteiger partial charge on any atom is -0.377 e. The van der Waals surface area contributed by atoms with Crippen LogP contribution in [0, 0.1) is 5.82 Å². The summed E-state index contributed by atoms with van der Waals surface area (Å²) in [6, 6.07) is 4.13. The molecule has 1 heterocycles. The number of nitrogens with zero attached hydrogens (tertiary/aromatic N) is 1. The van der Waals surface area contributed by atoms with E-state index in [0.29, 0.717) is 23.1 Å². The molecule has 0 bridgehead atoms. The third kappa shape index (κ3) is 3.15. The molecule has 2 rings (SSSR count). The third-order valence-electron chi connectivity index (χ3n) is 3.60. The number of rotatable bonds is 2. The van der Waals surface area contributed by atoms with Gasteiger partial charge in [-0.25, -0.2) is 4.39 Å². The van der Waals surface area contributed by atoms with Crippen LogP contribution in [0.4, 0.5) is 4.39 Å². The summed E-state index contributed by atoms with van der Waals surface area (Å²) < 4.78 is 19.0. The molecule has 1 fully saturated rings. The molecule has 0 aliphatic carbocycles. The monoisotopic (exact) mass is 329 g/mol. The molecule has 1 saturated heterocycles. The zero-order valence-corrected chi connectivity index (χ0v) is 12.7. The first kappa shape index (κ1) is 14.5. The van der Waals surface area contributed by atoms with Gasteiger partial charge in [0.15, 0.2) is 0 Å². The molecule has 1 atom stereocenters. The molecule has 19 heavy (non-hydrogen) atoms. The number of halogens is 2. The van der Waals surface area contributed by atoms with Crippen LogP contribution in [0.3, 0.4) is 0 Å². The van der Waals surface area contributed by atoms with Gasteiger partial charge in [-0.05, 0) is 53.9 Å². The highest BCUT2D eigenvalue weighted by atomic mass is 79.9. The maximum absolute atomic E-state index is 13.1. The van der Waals surface area contributed by atoms with Crippen LogP contribution in [-0.2, 0) is 4.74 Å². The molecule has 0 spiro atoms. The third-order valence-corrected chi connectivity index (χ3v) is 4.26. The molecular formula is C14H17BrFNO2. The van der Waals surface area contributed by atoms with Crippen molar-refractivity contribution < 1.29 is 13.9 Å². The number of ether oxygens (including phenoxy) is 1. The summed E-state index contributed by atoms with van der Waals surface area (Å²) in [6.07, 6.45) is 1.85. The molecule has 0 N–H and O–H groups in total. The van der Waals surface area contributed by atoms with Crippen molar-refractivity contribution in [3.8, 4) is 0 Å². The summed E-state index contributed by atoms with van der Waals surface area (Å²) >= 11 is 3.24. The molecule has 0 radical (unpaired) electrons. The molecular weight excluding hydrogens is 313 g/mol. The lowest BCUT2D eigenvalue weighted by molar-refractivity contribution is -0.0440. The van der Waals surface area contributed by atoms with Gasteiger partial charge in [0.05, 0.1) is 11.2 Å². The Hall–Kier alpha value is -0.940. The van der Waals surface area contributed by atoms with Crippen LogP contribution in [0.5, 0.6) is 0 Å². The number of amides is 1. The Morgan fingerprint density at radius 1 is 1.53 bits per heavy atom. The lowest BCUT2D eigenvalue weighted by Crippen LogP contribution is -2.49. The fourth-order valence-corrected chi connectivity index (χ4v) is 2.90. The van der Waals surface area contributed by atoms with Crippen molar-refractivity contribution in [2.24, 2.45) is 0 Å². The minimum absolute atomic E-state index is 0.0881. The van der Waals surface area contributed by atoms with Crippen LogP contribution >= 0.6 is 15.9 Å². The number of piperidine rings is 1. The number of carbonyl (C=O) groups is 1. The molecule has 0 saturated carbocycles. The van der Waals surface area contributed by atoms with E-state index in [1.807, 2.05) is 6.92 Å². The second-order valence-electron chi connectivity index (χ2n) is 5.11. The molecule has 1 amide bonds. The van der Waals surface area contributed by atoms with E-state index in [4.69, 9.17) is 4.74 Å². The maximum atomic E-state index is 13.1. The smallest absolute Gasteiger partial charge is 0.255 e. The first-order valence-electron chi connectivity index (χ1n) is 6.25. The van der Waals surface area contributed by atoms with Gasteiger partial charge in [-0.1, -0.05) is 0 Å². The molecule has 1 aromatic rings. The van der Waals surface area contributed by atoms with Gasteiger partial charge in [0.25, 0.3) is 5.91 Å². The first-order chi connectivity index (χ1) is 8.95. The Balaban J connectivity index is 2.19. The number of carbonyl (C=O) groups excluding carboxylic acids is 1. The van der Waals surface area contributed by atoms with Gasteiger partial charge in [-0.3, -0.25) is 4.79 Å². The van der Waals surface area contributed by atoms with Crippen LogP contribution in [0.2, 0.25) is 0 Å². The van der Waals surface area contributed by atoms with Gasteiger partial charge in [0, 0.05) is 24.7 Å². The SMILES string of the molecule is COC1(C)CCCN(C(=O)c2ccc(F)cc2Br)C1. The molecule has 5 heteroatoms. The zero-order chi connectivity index (χ0) is 14.0. The van der Waals surface area contributed by atoms with Crippen molar-refractivity contribution in [3.63, 3.8) is 0 Å². The Labute approximate surface area is 120 Å². The van der Waals surface area contributed by atoms with Crippen molar-refractivity contribution in [1.82, 2.24) is 4.90 Å². The summed E-state index contributed by atoms with van der Waals surface area (Å²) in [7, 11) is 1.67. The van der Waals surface area contributed by atoms with E-state index >= 15 is 0 Å². The summed E-state index contributed by atoms with van der Waals surface area (Å²) in [5.74, 6) is -0.446. The number of likely N-dealkylation sites (tertiary alicyclic amines) is 1. The second-order valence-corrected chi connectivity index (χ2v) is 5.96. The van der Waals surface area contributed by atoms with Crippen molar-refractivity contribution in [2.75, 3.05) is 20.2 Å². The van der Waals surface area contributed by atoms with Gasteiger partial charge < -0.3 is 9.64 Å². The topological polar surface area (TPSA) is 29.5 Å². The quantitative estimate of drug-likeness (QED) is 0.833. The maximum Gasteiger partial charge on any atom is 0.255 e. The molecule has 104 valence electrons. The van der Waals surface area contributed by atoms with E-state index in [0.717, 1.165) is 12.8 Å². The largest absolute Gasteiger partial charge is 0.377 e. The summed E-state index contributed by atoms with van der Waals surface area (Å²) in [6.45, 7) is 3.28. The highest BCUT2D eigenvalue weighted by Crippen LogP contribution is 2.27. The van der Waals surface area contributed by atoms with E-state index in [2.05, 4.69) is 15.9 Å². The Morgan fingerprint density at radius 3 is 2.89 bits per heavy atom. The van der Waals surface area contributed by atoms with Crippen molar-refractivity contribution in [1.29, 1.82) is 0 Å². The van der Waals surface area contributed by atoms with E-state index in [1.54, 1.807) is 12.0 Å². The number of benzene rings is 1. The molecule has 1 aliphatic rings. The minimum atomic E-state index is -0.358. The van der Waals surface area contributed by atoms with Gasteiger partial charge in [-0.2, -0.15) is 0 Å². The van der Waals surface area contributed by atoms with Crippen LogP contribution in [0.1, 0.15) is 30.1 Å². The van der Waals surface area contributed by atoms with Crippen LogP contribution in [-0.4, -0.2) is 36.6 Å². The number of hydrogen-bond donors (Lipinski definition) is 0. The van der Waals surface area contributed by atoms with Crippen LogP contribution in [0.25, 0.3) is 0 Å². The molecule has 3 nitrogen and oxygen atoms in total. The van der Waals surface area contributed by atoms with Crippen molar-refractivity contribution >= 4 is 21.8 Å². The Morgan fingerprint density at radius 2 is 2.26 bits per heavy atom. The van der Waals surface area contributed by atoms with Crippen LogP contribution in [0.15, 0.2) is 22.7 Å². The van der Waals surface area contributed by atoms with E-state index in [-0.39, 0.29) is 17.3 Å². The second kappa shape index (κ2) is 5.59. The predicted molar refractivity (Wildman–Crippen MR) is 74.7 cm³/mol. The van der Waals surface area contributed by atoms with Crippen LogP contribution < -0.4 is 0 Å². The first-order valence-corrected chi connectivity index (χ1v) is 7.04. The van der Waals surface area contributed by atoms with Gasteiger partial charge in [0.1, 0.15) is 5.82 Å². The average Bonchev–Trinajstić information content (AvgIpc) is 2.38. The Kier molecular flexibility index (Phi) is 4.26. The Bertz CT molecular complexity index is 494. The van der Waals surface area contributed by atoms with Gasteiger partial charge in [0.2, 0.25) is 0 Å². The predicted octanol–water partition coefficient (Wildman–Crippen LogP) is 3.23. The highest BCUT2D eigenvalue weighted by Gasteiger charge is 2.33. The standard InChI is InChI=1S/C14H17BrFNO2/c1-14(19-2)6-3-7-17(9-14)13(18)11-5-4-10(16)8-12(11)15/h4-5,8H,3,6-7,9H2,1-2H3. The fourth-order valence-electron chi connectivity index (χ4n) is 2.38. The van der Waals surface area contributed by atoms with Crippen molar-refractivity contribution in [2.45, 2.75) is 25.4 Å². The molecule has 0 aromatic heterocycles. The summed E-state index contributed by atoms with van der Waals surface area (Å²) in [4.78, 5) is 14.2. The lowest BCUT2D eigenvalue weighted by atomic mass is 9.94. The van der Waals surface area contributed by atoms with Gasteiger partial charge >= 0.3 is 0 Å². The molecule has 1 aromatic carbocycles. The number of methoxy groups -OCH3 is 1. The summed E-state index contributed by atoms with van der Waals surface area (Å²) in [5.41, 5.74) is 0.196.